The van der Waals surface area contributed by atoms with E-state index in [1.54, 1.807) is 21.1 Å². The van der Waals surface area contributed by atoms with E-state index in [9.17, 15) is 14.4 Å². The van der Waals surface area contributed by atoms with Crippen LogP contribution in [0.2, 0.25) is 0 Å². The highest BCUT2D eigenvalue weighted by molar-refractivity contribution is 5.96. The summed E-state index contributed by atoms with van der Waals surface area (Å²) < 4.78 is 1.73. The van der Waals surface area contributed by atoms with Gasteiger partial charge in [0.1, 0.15) is 6.33 Å². The van der Waals surface area contributed by atoms with Crippen molar-refractivity contribution in [2.24, 2.45) is 5.73 Å². The molecule has 0 atom stereocenters. The third-order valence-electron chi connectivity index (χ3n) is 5.15. The molecule has 0 aliphatic carbocycles. The second-order valence-corrected chi connectivity index (χ2v) is 6.80. The van der Waals surface area contributed by atoms with Crippen molar-refractivity contribution >= 4 is 23.4 Å². The van der Waals surface area contributed by atoms with E-state index in [1.807, 2.05) is 13.8 Å². The molecule has 9 heteroatoms. The third-order valence-corrected chi connectivity index (χ3v) is 5.15. The number of primary amides is 1. The number of amides is 3. The van der Waals surface area contributed by atoms with Crippen molar-refractivity contribution in [1.82, 2.24) is 24.2 Å². The molecule has 1 fully saturated rings. The van der Waals surface area contributed by atoms with Gasteiger partial charge in [-0.3, -0.25) is 18.8 Å². The molecular formula is C18H24N6O3. The van der Waals surface area contributed by atoms with Crippen LogP contribution in [0.1, 0.15) is 40.8 Å². The molecule has 144 valence electrons. The van der Waals surface area contributed by atoms with Crippen LogP contribution in [-0.2, 0) is 16.0 Å². The molecule has 0 bridgehead atoms. The highest BCUT2D eigenvalue weighted by Crippen LogP contribution is 2.19. The summed E-state index contributed by atoms with van der Waals surface area (Å²) in [4.78, 5) is 47.5. The number of fused-ring (bicyclic) bond motifs is 1. The van der Waals surface area contributed by atoms with Crippen LogP contribution in [0.15, 0.2) is 6.33 Å². The number of nitrogens with two attached hydrogens (primary N) is 1. The summed E-state index contributed by atoms with van der Waals surface area (Å²) >= 11 is 0. The number of piperazine rings is 1. The molecule has 0 spiro atoms. The average molecular weight is 372 g/mol. The molecule has 2 aromatic rings. The highest BCUT2D eigenvalue weighted by atomic mass is 16.2. The number of aryl methyl sites for hydroxylation is 2. The van der Waals surface area contributed by atoms with Gasteiger partial charge in [-0.2, -0.15) is 0 Å². The van der Waals surface area contributed by atoms with Gasteiger partial charge in [0.05, 0.1) is 0 Å². The lowest BCUT2D eigenvalue weighted by molar-refractivity contribution is -0.138. The quantitative estimate of drug-likeness (QED) is 0.816. The number of aromatic nitrogens is 3. The molecular weight excluding hydrogens is 348 g/mol. The zero-order valence-corrected chi connectivity index (χ0v) is 15.9. The molecule has 1 aliphatic heterocycles. The van der Waals surface area contributed by atoms with Gasteiger partial charge in [-0.05, 0) is 25.8 Å². The van der Waals surface area contributed by atoms with Gasteiger partial charge in [0.15, 0.2) is 11.3 Å². The maximum absolute atomic E-state index is 12.5. The van der Waals surface area contributed by atoms with Crippen LogP contribution < -0.4 is 5.73 Å². The zero-order chi connectivity index (χ0) is 19.7. The molecule has 3 heterocycles. The van der Waals surface area contributed by atoms with E-state index >= 15 is 0 Å². The van der Waals surface area contributed by atoms with E-state index in [4.69, 9.17) is 5.73 Å². The van der Waals surface area contributed by atoms with Crippen LogP contribution in [-0.4, -0.2) is 68.1 Å². The summed E-state index contributed by atoms with van der Waals surface area (Å²) in [6.45, 7) is 7.62. The maximum Gasteiger partial charge on any atom is 0.271 e. The van der Waals surface area contributed by atoms with Crippen LogP contribution in [0.3, 0.4) is 0 Å². The SMILES string of the molecule is CC(=O)N1CCN(C(=O)CCc2c(C)nc3c(C(N)=O)ncn3c2C)CC1. The largest absolute Gasteiger partial charge is 0.364 e. The minimum Gasteiger partial charge on any atom is -0.364 e. The van der Waals surface area contributed by atoms with E-state index in [-0.39, 0.29) is 17.5 Å². The number of hydrogen-bond acceptors (Lipinski definition) is 5. The average Bonchev–Trinajstić information content (AvgIpc) is 3.05. The van der Waals surface area contributed by atoms with Gasteiger partial charge in [0, 0.05) is 50.9 Å². The number of rotatable bonds is 4. The van der Waals surface area contributed by atoms with Crippen molar-refractivity contribution in [3.05, 3.63) is 29.0 Å². The van der Waals surface area contributed by atoms with Crippen LogP contribution in [0, 0.1) is 13.8 Å². The predicted molar refractivity (Wildman–Crippen MR) is 98.1 cm³/mol. The van der Waals surface area contributed by atoms with Gasteiger partial charge >= 0.3 is 0 Å². The Morgan fingerprint density at radius 1 is 1.11 bits per heavy atom. The number of carbonyl (C=O) groups excluding carboxylic acids is 3. The van der Waals surface area contributed by atoms with E-state index in [0.29, 0.717) is 44.7 Å². The standard InChI is InChI=1S/C18H24N6O3/c1-11-14(12(2)24-10-20-16(17(19)27)18(24)21-11)4-5-15(26)23-8-6-22(7-9-23)13(3)25/h10H,4-9H2,1-3H3,(H2,19,27). The molecule has 3 rings (SSSR count). The Kier molecular flexibility index (Phi) is 5.11. The lowest BCUT2D eigenvalue weighted by Gasteiger charge is -2.34. The zero-order valence-electron chi connectivity index (χ0n) is 15.9. The second-order valence-electron chi connectivity index (χ2n) is 6.80. The number of nitrogens with zero attached hydrogens (tertiary/aromatic N) is 5. The summed E-state index contributed by atoms with van der Waals surface area (Å²) in [5.74, 6) is -0.500. The summed E-state index contributed by atoms with van der Waals surface area (Å²) in [5, 5.41) is 0. The van der Waals surface area contributed by atoms with E-state index in [2.05, 4.69) is 9.97 Å². The molecule has 9 nitrogen and oxygen atoms in total. The first-order valence-corrected chi connectivity index (χ1v) is 8.95. The Labute approximate surface area is 157 Å². The monoisotopic (exact) mass is 372 g/mol. The predicted octanol–water partition coefficient (Wildman–Crippen LogP) is 0.0683. The topological polar surface area (TPSA) is 114 Å². The van der Waals surface area contributed by atoms with Crippen molar-refractivity contribution < 1.29 is 14.4 Å². The third kappa shape index (κ3) is 3.62. The number of imidazole rings is 1. The lowest BCUT2D eigenvalue weighted by Crippen LogP contribution is -2.50. The van der Waals surface area contributed by atoms with E-state index in [1.165, 1.54) is 6.33 Å². The molecule has 0 unspecified atom stereocenters. The van der Waals surface area contributed by atoms with Gasteiger partial charge in [-0.1, -0.05) is 0 Å². The fourth-order valence-corrected chi connectivity index (χ4v) is 3.52. The molecule has 27 heavy (non-hydrogen) atoms. The molecule has 3 amide bonds. The number of carbonyl (C=O) groups is 3. The Morgan fingerprint density at radius 2 is 1.74 bits per heavy atom. The molecule has 1 aliphatic rings. The van der Waals surface area contributed by atoms with E-state index < -0.39 is 5.91 Å². The minimum absolute atomic E-state index is 0.0448. The Bertz CT molecular complexity index is 911. The second kappa shape index (κ2) is 7.34. The van der Waals surface area contributed by atoms with Crippen molar-refractivity contribution in [2.75, 3.05) is 26.2 Å². The Balaban J connectivity index is 1.71. The summed E-state index contributed by atoms with van der Waals surface area (Å²) in [6.07, 6.45) is 2.45. The molecule has 1 saturated heterocycles. The van der Waals surface area contributed by atoms with Gasteiger partial charge < -0.3 is 15.5 Å². The molecule has 0 saturated carbocycles. The maximum atomic E-state index is 12.5. The van der Waals surface area contributed by atoms with Gasteiger partial charge in [-0.25, -0.2) is 9.97 Å². The molecule has 2 N–H and O–H groups in total. The van der Waals surface area contributed by atoms with Gasteiger partial charge in [0.25, 0.3) is 5.91 Å². The molecule has 0 radical (unpaired) electrons. The van der Waals surface area contributed by atoms with Crippen molar-refractivity contribution in [3.8, 4) is 0 Å². The van der Waals surface area contributed by atoms with Crippen LogP contribution >= 0.6 is 0 Å². The first-order chi connectivity index (χ1) is 12.8. The number of hydrogen-bond donors (Lipinski definition) is 1. The minimum atomic E-state index is -0.614. The highest BCUT2D eigenvalue weighted by Gasteiger charge is 2.23. The first kappa shape index (κ1) is 18.8. The van der Waals surface area contributed by atoms with Gasteiger partial charge in [-0.15, -0.1) is 0 Å². The van der Waals surface area contributed by atoms with Crippen molar-refractivity contribution in [1.29, 1.82) is 0 Å². The van der Waals surface area contributed by atoms with Gasteiger partial charge in [0.2, 0.25) is 11.8 Å². The summed E-state index contributed by atoms with van der Waals surface area (Å²) in [7, 11) is 0. The fourth-order valence-electron chi connectivity index (χ4n) is 3.52. The normalized spacial score (nSPS) is 14.6. The van der Waals surface area contributed by atoms with E-state index in [0.717, 1.165) is 17.0 Å². The lowest BCUT2D eigenvalue weighted by atomic mass is 10.1. The molecule has 0 aromatic carbocycles. The fraction of sp³-hybridized carbons (Fsp3) is 0.500. The molecule has 2 aromatic heterocycles. The van der Waals surface area contributed by atoms with Crippen LogP contribution in [0.4, 0.5) is 0 Å². The van der Waals surface area contributed by atoms with Crippen LogP contribution in [0.5, 0.6) is 0 Å². The van der Waals surface area contributed by atoms with Crippen LogP contribution in [0.25, 0.3) is 5.65 Å². The first-order valence-electron chi connectivity index (χ1n) is 8.95. The Morgan fingerprint density at radius 3 is 2.33 bits per heavy atom. The van der Waals surface area contributed by atoms with Crippen molar-refractivity contribution in [2.45, 2.75) is 33.6 Å². The van der Waals surface area contributed by atoms with Crippen molar-refractivity contribution in [3.63, 3.8) is 0 Å². The Hall–Kier alpha value is -2.97. The summed E-state index contributed by atoms with van der Waals surface area (Å²) in [5.41, 5.74) is 8.55. The summed E-state index contributed by atoms with van der Waals surface area (Å²) in [6, 6.07) is 0. The smallest absolute Gasteiger partial charge is 0.271 e.